The number of amides is 2. The fourth-order valence-corrected chi connectivity index (χ4v) is 1.82. The van der Waals surface area contributed by atoms with Gasteiger partial charge in [-0.15, -0.1) is 6.42 Å². The van der Waals surface area contributed by atoms with Crippen LogP contribution in [-0.4, -0.2) is 35.2 Å². The molecular weight excluding hydrogens is 216 g/mol. The van der Waals surface area contributed by atoms with Gasteiger partial charge in [0, 0.05) is 24.3 Å². The van der Waals surface area contributed by atoms with Crippen LogP contribution in [0.15, 0.2) is 24.3 Å². The second-order valence-electron chi connectivity index (χ2n) is 4.04. The lowest BCUT2D eigenvalue weighted by molar-refractivity contribution is 0.176. The number of carbonyl (C=O) groups excluding carboxylic acids is 1. The molecule has 1 atom stereocenters. The Morgan fingerprint density at radius 2 is 2.41 bits per heavy atom. The molecule has 1 aliphatic rings. The van der Waals surface area contributed by atoms with Crippen molar-refractivity contribution in [3.63, 3.8) is 0 Å². The number of nitrogens with zero attached hydrogens (tertiary/aromatic N) is 1. The average Bonchev–Trinajstić information content (AvgIpc) is 2.76. The number of likely N-dealkylation sites (tertiary alicyclic amines) is 1. The van der Waals surface area contributed by atoms with E-state index >= 15 is 0 Å². The molecule has 1 aliphatic heterocycles. The molecule has 0 saturated carbocycles. The molecule has 4 heteroatoms. The van der Waals surface area contributed by atoms with Gasteiger partial charge < -0.3 is 15.3 Å². The first-order valence-electron chi connectivity index (χ1n) is 5.49. The normalized spacial score (nSPS) is 18.8. The summed E-state index contributed by atoms with van der Waals surface area (Å²) in [6, 6.07) is 6.92. The molecule has 0 spiro atoms. The summed E-state index contributed by atoms with van der Waals surface area (Å²) >= 11 is 0. The fraction of sp³-hybridized carbons (Fsp3) is 0.308. The maximum Gasteiger partial charge on any atom is 0.321 e. The summed E-state index contributed by atoms with van der Waals surface area (Å²) in [5.41, 5.74) is 1.40. The summed E-state index contributed by atoms with van der Waals surface area (Å²) in [6.45, 7) is 0.975. The first kappa shape index (κ1) is 11.5. The van der Waals surface area contributed by atoms with Crippen LogP contribution >= 0.6 is 0 Å². The molecule has 1 saturated heterocycles. The van der Waals surface area contributed by atoms with Gasteiger partial charge in [0.25, 0.3) is 0 Å². The van der Waals surface area contributed by atoms with Gasteiger partial charge >= 0.3 is 6.03 Å². The minimum Gasteiger partial charge on any atom is -0.391 e. The number of nitrogens with one attached hydrogen (secondary N) is 1. The Kier molecular flexibility index (Phi) is 3.31. The van der Waals surface area contributed by atoms with E-state index in [-0.39, 0.29) is 6.03 Å². The number of terminal acetylenes is 1. The standard InChI is InChI=1S/C13H14N2O2/c1-2-10-4-3-5-11(8-10)14-13(17)15-7-6-12(16)9-15/h1,3-5,8,12,16H,6-7,9H2,(H,14,17)/t12-/m0/s1. The zero-order valence-electron chi connectivity index (χ0n) is 9.39. The van der Waals surface area contributed by atoms with Gasteiger partial charge in [-0.05, 0) is 24.6 Å². The Morgan fingerprint density at radius 1 is 1.59 bits per heavy atom. The maximum absolute atomic E-state index is 11.8. The third-order valence-electron chi connectivity index (χ3n) is 2.73. The van der Waals surface area contributed by atoms with E-state index < -0.39 is 6.10 Å². The van der Waals surface area contributed by atoms with Crippen LogP contribution in [0, 0.1) is 12.3 Å². The number of aliphatic hydroxyl groups is 1. The number of rotatable bonds is 1. The molecule has 1 fully saturated rings. The second-order valence-corrected chi connectivity index (χ2v) is 4.04. The lowest BCUT2D eigenvalue weighted by Crippen LogP contribution is -2.33. The Hall–Kier alpha value is -1.99. The van der Waals surface area contributed by atoms with Crippen molar-refractivity contribution in [2.24, 2.45) is 0 Å². The number of anilines is 1. The Morgan fingerprint density at radius 3 is 3.06 bits per heavy atom. The van der Waals surface area contributed by atoms with E-state index in [0.29, 0.717) is 25.2 Å². The van der Waals surface area contributed by atoms with E-state index in [9.17, 15) is 9.90 Å². The monoisotopic (exact) mass is 230 g/mol. The Labute approximate surface area is 100 Å². The summed E-state index contributed by atoms with van der Waals surface area (Å²) < 4.78 is 0. The largest absolute Gasteiger partial charge is 0.391 e. The number of hydrogen-bond donors (Lipinski definition) is 2. The van der Waals surface area contributed by atoms with E-state index in [2.05, 4.69) is 11.2 Å². The van der Waals surface area contributed by atoms with E-state index in [1.54, 1.807) is 29.2 Å². The minimum atomic E-state index is -0.405. The Bertz CT molecular complexity index is 465. The van der Waals surface area contributed by atoms with Gasteiger partial charge in [0.05, 0.1) is 6.10 Å². The van der Waals surface area contributed by atoms with Gasteiger partial charge in [-0.1, -0.05) is 12.0 Å². The van der Waals surface area contributed by atoms with Crippen LogP contribution in [0.1, 0.15) is 12.0 Å². The SMILES string of the molecule is C#Cc1cccc(NC(=O)N2CC[C@H](O)C2)c1. The summed E-state index contributed by atoms with van der Waals surface area (Å²) in [7, 11) is 0. The molecule has 0 aromatic heterocycles. The molecule has 1 aromatic rings. The van der Waals surface area contributed by atoms with E-state index in [4.69, 9.17) is 6.42 Å². The zero-order chi connectivity index (χ0) is 12.3. The number of urea groups is 1. The van der Waals surface area contributed by atoms with Crippen molar-refractivity contribution in [3.05, 3.63) is 29.8 Å². The number of hydrogen-bond acceptors (Lipinski definition) is 2. The van der Waals surface area contributed by atoms with Crippen molar-refractivity contribution in [1.29, 1.82) is 0 Å². The van der Waals surface area contributed by atoms with Gasteiger partial charge in [0.15, 0.2) is 0 Å². The highest BCUT2D eigenvalue weighted by Gasteiger charge is 2.24. The van der Waals surface area contributed by atoms with Crippen molar-refractivity contribution in [3.8, 4) is 12.3 Å². The Balaban J connectivity index is 2.01. The highest BCUT2D eigenvalue weighted by atomic mass is 16.3. The van der Waals surface area contributed by atoms with E-state index in [1.165, 1.54) is 0 Å². The van der Waals surface area contributed by atoms with Crippen molar-refractivity contribution >= 4 is 11.7 Å². The van der Waals surface area contributed by atoms with E-state index in [0.717, 1.165) is 5.56 Å². The van der Waals surface area contributed by atoms with Crippen LogP contribution in [0.5, 0.6) is 0 Å². The van der Waals surface area contributed by atoms with Crippen LogP contribution in [0.3, 0.4) is 0 Å². The number of benzene rings is 1. The molecule has 0 bridgehead atoms. The van der Waals surface area contributed by atoms with Crippen LogP contribution in [-0.2, 0) is 0 Å². The molecule has 2 amide bonds. The summed E-state index contributed by atoms with van der Waals surface area (Å²) in [5.74, 6) is 2.51. The molecule has 17 heavy (non-hydrogen) atoms. The zero-order valence-corrected chi connectivity index (χ0v) is 9.39. The lowest BCUT2D eigenvalue weighted by Gasteiger charge is -2.16. The predicted octanol–water partition coefficient (Wildman–Crippen LogP) is 1.27. The van der Waals surface area contributed by atoms with Gasteiger partial charge in [0.2, 0.25) is 0 Å². The molecule has 1 heterocycles. The third-order valence-corrected chi connectivity index (χ3v) is 2.73. The van der Waals surface area contributed by atoms with Gasteiger partial charge in [-0.2, -0.15) is 0 Å². The molecule has 2 N–H and O–H groups in total. The predicted molar refractivity (Wildman–Crippen MR) is 65.6 cm³/mol. The maximum atomic E-state index is 11.8. The molecule has 0 radical (unpaired) electrons. The molecule has 1 aromatic carbocycles. The molecule has 4 nitrogen and oxygen atoms in total. The van der Waals surface area contributed by atoms with Crippen molar-refractivity contribution in [2.45, 2.75) is 12.5 Å². The van der Waals surface area contributed by atoms with Gasteiger partial charge in [0.1, 0.15) is 0 Å². The number of β-amino-alcohol motifs (C(OH)–C–C–N with tert-alkyl or cyclic N) is 1. The molecule has 0 aliphatic carbocycles. The van der Waals surface area contributed by atoms with Crippen LogP contribution < -0.4 is 5.32 Å². The van der Waals surface area contributed by atoms with Crippen molar-refractivity contribution in [1.82, 2.24) is 4.90 Å². The van der Waals surface area contributed by atoms with Crippen LogP contribution in [0.2, 0.25) is 0 Å². The highest BCUT2D eigenvalue weighted by molar-refractivity contribution is 5.89. The van der Waals surface area contributed by atoms with Gasteiger partial charge in [-0.25, -0.2) is 4.79 Å². The smallest absolute Gasteiger partial charge is 0.321 e. The molecular formula is C13H14N2O2. The fourth-order valence-electron chi connectivity index (χ4n) is 1.82. The quantitative estimate of drug-likeness (QED) is 0.714. The first-order chi connectivity index (χ1) is 8.19. The van der Waals surface area contributed by atoms with Gasteiger partial charge in [-0.3, -0.25) is 0 Å². The second kappa shape index (κ2) is 4.89. The summed E-state index contributed by atoms with van der Waals surface area (Å²) in [6.07, 6.45) is 5.52. The van der Waals surface area contributed by atoms with Crippen molar-refractivity contribution < 1.29 is 9.90 Å². The number of carbonyl (C=O) groups is 1. The number of aliphatic hydroxyl groups excluding tert-OH is 1. The third kappa shape index (κ3) is 2.77. The topological polar surface area (TPSA) is 52.6 Å². The van der Waals surface area contributed by atoms with Crippen LogP contribution in [0.4, 0.5) is 10.5 Å². The first-order valence-corrected chi connectivity index (χ1v) is 5.49. The molecule has 2 rings (SSSR count). The summed E-state index contributed by atoms with van der Waals surface area (Å²) in [4.78, 5) is 13.4. The average molecular weight is 230 g/mol. The molecule has 0 unspecified atom stereocenters. The van der Waals surface area contributed by atoms with Crippen molar-refractivity contribution in [2.75, 3.05) is 18.4 Å². The minimum absolute atomic E-state index is 0.198. The molecule has 88 valence electrons. The van der Waals surface area contributed by atoms with E-state index in [1.807, 2.05) is 0 Å². The van der Waals surface area contributed by atoms with Crippen LogP contribution in [0.25, 0.3) is 0 Å². The lowest BCUT2D eigenvalue weighted by atomic mass is 10.2. The summed E-state index contributed by atoms with van der Waals surface area (Å²) in [5, 5.41) is 12.1. The highest BCUT2D eigenvalue weighted by Crippen LogP contribution is 2.13.